The van der Waals surface area contributed by atoms with E-state index in [1.54, 1.807) is 13.3 Å². The summed E-state index contributed by atoms with van der Waals surface area (Å²) in [5, 5.41) is 13.5. The molecule has 0 aromatic carbocycles. The van der Waals surface area contributed by atoms with Crippen LogP contribution in [0.15, 0.2) is 18.3 Å². The zero-order valence-corrected chi connectivity index (χ0v) is 15.5. The standard InChI is InChI=1S/C20H29N3O3/c1-26-20-6-2-16(24)13-18(20)23(11-7-20)19(25)17-12-15(5-10-22-17)14-3-8-21-9-4-14/h5,10,12,14,16,18,21,24H,2-4,6-9,11,13H2,1H3/t16-,18-,20+/m0/s1. The molecule has 2 aliphatic heterocycles. The number of amides is 1. The van der Waals surface area contributed by atoms with Crippen molar-refractivity contribution in [1.82, 2.24) is 15.2 Å². The van der Waals surface area contributed by atoms with Gasteiger partial charge in [0.2, 0.25) is 0 Å². The monoisotopic (exact) mass is 359 g/mol. The Labute approximate surface area is 154 Å². The maximum absolute atomic E-state index is 13.2. The molecule has 1 aliphatic carbocycles. The van der Waals surface area contributed by atoms with Crippen LogP contribution in [0.3, 0.4) is 0 Å². The van der Waals surface area contributed by atoms with E-state index in [1.807, 2.05) is 17.0 Å². The van der Waals surface area contributed by atoms with Crippen molar-refractivity contribution in [3.05, 3.63) is 29.6 Å². The largest absolute Gasteiger partial charge is 0.393 e. The highest BCUT2D eigenvalue weighted by atomic mass is 16.5. The van der Waals surface area contributed by atoms with E-state index in [2.05, 4.69) is 10.3 Å². The highest BCUT2D eigenvalue weighted by Gasteiger charge is 2.52. The number of carbonyl (C=O) groups is 1. The van der Waals surface area contributed by atoms with Crippen molar-refractivity contribution in [2.75, 3.05) is 26.7 Å². The lowest BCUT2D eigenvalue weighted by Crippen LogP contribution is -2.52. The van der Waals surface area contributed by atoms with E-state index in [9.17, 15) is 9.90 Å². The summed E-state index contributed by atoms with van der Waals surface area (Å²) in [5.41, 5.74) is 1.43. The van der Waals surface area contributed by atoms with Gasteiger partial charge in [-0.15, -0.1) is 0 Å². The molecule has 1 aromatic rings. The number of aliphatic hydroxyl groups excluding tert-OH is 1. The van der Waals surface area contributed by atoms with E-state index in [4.69, 9.17) is 4.74 Å². The zero-order valence-electron chi connectivity index (χ0n) is 15.5. The molecule has 142 valence electrons. The molecule has 0 spiro atoms. The fraction of sp³-hybridized carbons (Fsp3) is 0.700. The average molecular weight is 359 g/mol. The molecule has 0 bridgehead atoms. The molecule has 4 rings (SSSR count). The number of nitrogens with one attached hydrogen (secondary N) is 1. The molecule has 2 saturated heterocycles. The van der Waals surface area contributed by atoms with E-state index >= 15 is 0 Å². The maximum Gasteiger partial charge on any atom is 0.272 e. The van der Waals surface area contributed by atoms with Crippen LogP contribution in [0.4, 0.5) is 0 Å². The Kier molecular flexibility index (Phi) is 4.99. The lowest BCUT2D eigenvalue weighted by atomic mass is 9.79. The number of aromatic nitrogens is 1. The quantitative estimate of drug-likeness (QED) is 0.859. The predicted octanol–water partition coefficient (Wildman–Crippen LogP) is 1.69. The van der Waals surface area contributed by atoms with Gasteiger partial charge in [0.15, 0.2) is 0 Å². The van der Waals surface area contributed by atoms with Crippen LogP contribution in [-0.2, 0) is 4.74 Å². The molecule has 0 radical (unpaired) electrons. The van der Waals surface area contributed by atoms with Gasteiger partial charge in [0.05, 0.1) is 17.7 Å². The minimum absolute atomic E-state index is 0.0289. The molecule has 1 saturated carbocycles. The molecule has 3 heterocycles. The molecule has 6 heteroatoms. The molecule has 2 N–H and O–H groups in total. The highest BCUT2D eigenvalue weighted by molar-refractivity contribution is 5.93. The van der Waals surface area contributed by atoms with Gasteiger partial charge in [0, 0.05) is 19.9 Å². The van der Waals surface area contributed by atoms with Crippen molar-refractivity contribution in [3.8, 4) is 0 Å². The number of piperidine rings is 1. The van der Waals surface area contributed by atoms with E-state index in [0.717, 1.165) is 45.2 Å². The molecule has 3 atom stereocenters. The van der Waals surface area contributed by atoms with E-state index in [0.29, 0.717) is 24.6 Å². The third-order valence-electron chi connectivity index (χ3n) is 6.64. The normalized spacial score (nSPS) is 32.5. The van der Waals surface area contributed by atoms with Crippen molar-refractivity contribution in [2.45, 2.75) is 62.2 Å². The van der Waals surface area contributed by atoms with Gasteiger partial charge in [-0.1, -0.05) is 0 Å². The van der Waals surface area contributed by atoms with Crippen LogP contribution in [0.25, 0.3) is 0 Å². The number of hydrogen-bond acceptors (Lipinski definition) is 5. The van der Waals surface area contributed by atoms with Crippen LogP contribution in [-0.4, -0.2) is 65.4 Å². The molecule has 3 aliphatic rings. The van der Waals surface area contributed by atoms with E-state index in [-0.39, 0.29) is 23.7 Å². The van der Waals surface area contributed by atoms with Crippen molar-refractivity contribution in [3.63, 3.8) is 0 Å². The predicted molar refractivity (Wildman–Crippen MR) is 98.1 cm³/mol. The number of carbonyl (C=O) groups excluding carboxylic acids is 1. The number of rotatable bonds is 3. The van der Waals surface area contributed by atoms with Crippen molar-refractivity contribution in [1.29, 1.82) is 0 Å². The molecule has 3 fully saturated rings. The summed E-state index contributed by atoms with van der Waals surface area (Å²) in [6, 6.07) is 3.96. The molecular weight excluding hydrogens is 330 g/mol. The summed E-state index contributed by atoms with van der Waals surface area (Å²) in [6.07, 6.45) is 6.59. The SMILES string of the molecule is CO[C@@]12CC[C@H](O)C[C@@H]1N(C(=O)c1cc(C3CCNCC3)ccn1)CC2. The van der Waals surface area contributed by atoms with Gasteiger partial charge < -0.3 is 20.1 Å². The summed E-state index contributed by atoms with van der Waals surface area (Å²) < 4.78 is 5.85. The molecule has 26 heavy (non-hydrogen) atoms. The lowest BCUT2D eigenvalue weighted by Gasteiger charge is -2.42. The summed E-state index contributed by atoms with van der Waals surface area (Å²) in [5.74, 6) is 0.470. The van der Waals surface area contributed by atoms with Gasteiger partial charge >= 0.3 is 0 Å². The minimum atomic E-state index is -0.356. The third-order valence-corrected chi connectivity index (χ3v) is 6.64. The number of fused-ring (bicyclic) bond motifs is 1. The fourth-order valence-electron chi connectivity index (χ4n) is 5.04. The number of hydrogen-bond donors (Lipinski definition) is 2. The van der Waals surface area contributed by atoms with Crippen LogP contribution in [0.2, 0.25) is 0 Å². The third kappa shape index (κ3) is 3.15. The van der Waals surface area contributed by atoms with Gasteiger partial charge in [-0.3, -0.25) is 9.78 Å². The fourth-order valence-corrected chi connectivity index (χ4v) is 5.04. The van der Waals surface area contributed by atoms with Crippen molar-refractivity contribution in [2.24, 2.45) is 0 Å². The molecule has 6 nitrogen and oxygen atoms in total. The molecular formula is C20H29N3O3. The molecule has 1 amide bonds. The first kappa shape index (κ1) is 17.9. The van der Waals surface area contributed by atoms with Gasteiger partial charge in [0.1, 0.15) is 5.69 Å². The number of likely N-dealkylation sites (tertiary alicyclic amines) is 1. The smallest absolute Gasteiger partial charge is 0.272 e. The Hall–Kier alpha value is -1.50. The Morgan fingerprint density at radius 1 is 1.35 bits per heavy atom. The minimum Gasteiger partial charge on any atom is -0.393 e. The lowest BCUT2D eigenvalue weighted by molar-refractivity contribution is -0.0824. The van der Waals surface area contributed by atoms with Crippen LogP contribution >= 0.6 is 0 Å². The average Bonchev–Trinajstić information content (AvgIpc) is 3.07. The van der Waals surface area contributed by atoms with Crippen molar-refractivity contribution < 1.29 is 14.6 Å². The first-order valence-corrected chi connectivity index (χ1v) is 9.84. The number of ether oxygens (including phenoxy) is 1. The van der Waals surface area contributed by atoms with E-state index in [1.165, 1.54) is 5.56 Å². The Bertz CT molecular complexity index is 661. The van der Waals surface area contributed by atoms with Gasteiger partial charge in [-0.2, -0.15) is 0 Å². The maximum atomic E-state index is 13.2. The first-order chi connectivity index (χ1) is 12.6. The zero-order chi connectivity index (χ0) is 18.1. The second kappa shape index (κ2) is 7.25. The van der Waals surface area contributed by atoms with Crippen LogP contribution in [0.5, 0.6) is 0 Å². The summed E-state index contributed by atoms with van der Waals surface area (Å²) in [7, 11) is 1.73. The summed E-state index contributed by atoms with van der Waals surface area (Å²) in [4.78, 5) is 19.5. The number of aliphatic hydroxyl groups is 1. The Balaban J connectivity index is 1.55. The van der Waals surface area contributed by atoms with Crippen molar-refractivity contribution >= 4 is 5.91 Å². The van der Waals surface area contributed by atoms with Crippen LogP contribution < -0.4 is 5.32 Å². The first-order valence-electron chi connectivity index (χ1n) is 9.84. The van der Waals surface area contributed by atoms with E-state index < -0.39 is 0 Å². The van der Waals surface area contributed by atoms with Gasteiger partial charge in [-0.25, -0.2) is 0 Å². The van der Waals surface area contributed by atoms with Crippen LogP contribution in [0.1, 0.15) is 60.5 Å². The van der Waals surface area contributed by atoms with Crippen LogP contribution in [0, 0.1) is 0 Å². The topological polar surface area (TPSA) is 74.7 Å². The Morgan fingerprint density at radius 3 is 2.92 bits per heavy atom. The highest BCUT2D eigenvalue weighted by Crippen LogP contribution is 2.43. The van der Waals surface area contributed by atoms with Gasteiger partial charge in [-0.05, 0) is 75.2 Å². The number of methoxy groups -OCH3 is 1. The second-order valence-electron chi connectivity index (χ2n) is 7.96. The van der Waals surface area contributed by atoms with Gasteiger partial charge in [0.25, 0.3) is 5.91 Å². The Morgan fingerprint density at radius 2 is 2.15 bits per heavy atom. The number of pyridine rings is 1. The summed E-state index contributed by atoms with van der Waals surface area (Å²) >= 11 is 0. The summed E-state index contributed by atoms with van der Waals surface area (Å²) in [6.45, 7) is 2.72. The molecule has 0 unspecified atom stereocenters. The number of nitrogens with zero attached hydrogens (tertiary/aromatic N) is 2. The molecule has 1 aromatic heterocycles. The second-order valence-corrected chi connectivity index (χ2v) is 7.96.